The maximum Gasteiger partial charge on any atom is 0.339 e. The number of aliphatic hydroxyl groups excluding tert-OH is 1. The van der Waals surface area contributed by atoms with Gasteiger partial charge in [0.2, 0.25) is 5.91 Å². The van der Waals surface area contributed by atoms with Gasteiger partial charge < -0.3 is 34.1 Å². The van der Waals surface area contributed by atoms with E-state index in [0.29, 0.717) is 42.1 Å². The lowest BCUT2D eigenvalue weighted by molar-refractivity contribution is -0.190. The van der Waals surface area contributed by atoms with Gasteiger partial charge in [0.25, 0.3) is 0 Å². The number of nitrogens with one attached hydrogen (secondary N) is 1. The number of esters is 2. The van der Waals surface area contributed by atoms with E-state index in [1.54, 1.807) is 32.9 Å². The predicted octanol–water partition coefficient (Wildman–Crippen LogP) is 7.36. The quantitative estimate of drug-likeness (QED) is 0.0906. The number of carbonyl (C=O) groups excluding carboxylic acids is 3. The highest BCUT2D eigenvalue weighted by atomic mass is 16.8. The zero-order chi connectivity index (χ0) is 37.3. The molecule has 0 aromatic heterocycles. The SMILES string of the molecule is CCCCCC1(CCCCC)O[C@@H]2[C@@H](C=C(C(=O)N[C@H](CO)CCC(=O)OC(C)(C)C)C[C@H]2OC(=O)c2ccccc2C=CC2CCC3OC3C2)O1. The molecule has 0 bridgehead atoms. The van der Waals surface area contributed by atoms with Gasteiger partial charge in [-0.15, -0.1) is 0 Å². The van der Waals surface area contributed by atoms with Crippen LogP contribution in [0.2, 0.25) is 0 Å². The zero-order valence-electron chi connectivity index (χ0n) is 31.9. The fraction of sp³-hybridized carbons (Fsp3) is 0.690. The number of ether oxygens (including phenoxy) is 5. The Hall–Kier alpha value is -3.05. The van der Waals surface area contributed by atoms with Crippen molar-refractivity contribution in [2.24, 2.45) is 5.92 Å². The summed E-state index contributed by atoms with van der Waals surface area (Å²) in [6.07, 6.45) is 15.9. The Morgan fingerprint density at radius 2 is 1.75 bits per heavy atom. The van der Waals surface area contributed by atoms with Crippen LogP contribution in [0.5, 0.6) is 0 Å². The molecule has 288 valence electrons. The van der Waals surface area contributed by atoms with Crippen LogP contribution in [-0.4, -0.2) is 77.5 Å². The lowest BCUT2D eigenvalue weighted by Crippen LogP contribution is -2.45. The molecule has 7 atom stereocenters. The van der Waals surface area contributed by atoms with Crippen molar-refractivity contribution in [2.75, 3.05) is 6.61 Å². The molecule has 2 heterocycles. The second-order valence-electron chi connectivity index (χ2n) is 16.0. The maximum atomic E-state index is 14.0. The normalized spacial score (nSPS) is 26.9. The number of aliphatic hydroxyl groups is 1. The molecule has 52 heavy (non-hydrogen) atoms. The van der Waals surface area contributed by atoms with Crippen LogP contribution in [-0.2, 0) is 33.3 Å². The first-order valence-electron chi connectivity index (χ1n) is 19.8. The van der Waals surface area contributed by atoms with Crippen LogP contribution < -0.4 is 5.32 Å². The molecule has 0 radical (unpaired) electrons. The molecule has 0 spiro atoms. The molecule has 1 saturated carbocycles. The van der Waals surface area contributed by atoms with Crippen LogP contribution in [0.15, 0.2) is 42.0 Å². The Balaban J connectivity index is 1.34. The van der Waals surface area contributed by atoms with E-state index in [-0.39, 0.29) is 25.9 Å². The Kier molecular flexibility index (Phi) is 14.1. The Morgan fingerprint density at radius 3 is 2.42 bits per heavy atom. The number of rotatable bonds is 18. The van der Waals surface area contributed by atoms with Crippen LogP contribution >= 0.6 is 0 Å². The van der Waals surface area contributed by atoms with Crippen molar-refractivity contribution in [1.29, 1.82) is 0 Å². The molecule has 2 aliphatic carbocycles. The number of hydrogen-bond donors (Lipinski definition) is 2. The van der Waals surface area contributed by atoms with E-state index in [0.717, 1.165) is 63.4 Å². The smallest absolute Gasteiger partial charge is 0.339 e. The molecule has 2 saturated heterocycles. The molecular weight excluding hydrogens is 662 g/mol. The van der Waals surface area contributed by atoms with Crippen molar-refractivity contribution in [2.45, 2.75) is 172 Å². The van der Waals surface area contributed by atoms with Crippen molar-refractivity contribution in [1.82, 2.24) is 5.32 Å². The Morgan fingerprint density at radius 1 is 1.02 bits per heavy atom. The average molecular weight is 724 g/mol. The topological polar surface area (TPSA) is 133 Å². The van der Waals surface area contributed by atoms with Crippen LogP contribution in [0, 0.1) is 5.92 Å². The van der Waals surface area contributed by atoms with Crippen LogP contribution in [0.4, 0.5) is 0 Å². The predicted molar refractivity (Wildman–Crippen MR) is 198 cm³/mol. The summed E-state index contributed by atoms with van der Waals surface area (Å²) in [6, 6.07) is 6.77. The lowest BCUT2D eigenvalue weighted by atomic mass is 9.88. The van der Waals surface area contributed by atoms with Gasteiger partial charge in [0.05, 0.1) is 30.4 Å². The van der Waals surface area contributed by atoms with Crippen LogP contribution in [0.3, 0.4) is 0 Å². The van der Waals surface area contributed by atoms with Gasteiger partial charge in [-0.25, -0.2) is 4.79 Å². The molecule has 4 aliphatic rings. The molecule has 5 rings (SSSR count). The number of hydrogen-bond acceptors (Lipinski definition) is 9. The molecule has 10 nitrogen and oxygen atoms in total. The number of amides is 1. The molecular formula is C42H61NO9. The summed E-state index contributed by atoms with van der Waals surface area (Å²) < 4.78 is 31.0. The van der Waals surface area contributed by atoms with E-state index in [1.807, 2.05) is 24.3 Å². The fourth-order valence-electron chi connectivity index (χ4n) is 7.65. The van der Waals surface area contributed by atoms with Gasteiger partial charge in [0.15, 0.2) is 5.79 Å². The van der Waals surface area contributed by atoms with E-state index >= 15 is 0 Å². The first-order chi connectivity index (χ1) is 24.9. The summed E-state index contributed by atoms with van der Waals surface area (Å²) in [5.74, 6) is -1.71. The standard InChI is InChI=1S/C42H61NO9/c1-6-8-12-22-42(23-13-9-7-2)50-36-26-30(39(46)43-31(27-44)19-21-37(45)51-41(3,4)5)25-35(38(36)52-42)49-40(47)32-15-11-10-14-29(32)18-16-28-17-20-33-34(24-28)48-33/h10-11,14-16,18,26,28,31,33-36,38,44H,6-9,12-13,17,19-25,27H2,1-5H3,(H,43,46)/t28?,31-,33?,34?,35+,36+,38-/m0/s1. The molecule has 2 N–H and O–H groups in total. The van der Waals surface area contributed by atoms with Crippen molar-refractivity contribution < 1.29 is 43.2 Å². The minimum absolute atomic E-state index is 0.0469. The number of carbonyl (C=O) groups is 3. The van der Waals surface area contributed by atoms with Gasteiger partial charge >= 0.3 is 11.9 Å². The van der Waals surface area contributed by atoms with E-state index in [4.69, 9.17) is 23.7 Å². The number of allylic oxidation sites excluding steroid dienone is 1. The summed E-state index contributed by atoms with van der Waals surface area (Å²) >= 11 is 0. The highest BCUT2D eigenvalue weighted by molar-refractivity contribution is 5.95. The van der Waals surface area contributed by atoms with Crippen LogP contribution in [0.1, 0.15) is 140 Å². The second-order valence-corrected chi connectivity index (χ2v) is 16.0. The van der Waals surface area contributed by atoms with Gasteiger partial charge in [0.1, 0.15) is 23.9 Å². The highest BCUT2D eigenvalue weighted by Crippen LogP contribution is 2.44. The summed E-state index contributed by atoms with van der Waals surface area (Å²) in [5, 5.41) is 13.0. The van der Waals surface area contributed by atoms with Gasteiger partial charge in [0, 0.05) is 31.3 Å². The second kappa shape index (κ2) is 18.3. The van der Waals surface area contributed by atoms with Gasteiger partial charge in [-0.2, -0.15) is 0 Å². The first-order valence-corrected chi connectivity index (χ1v) is 19.8. The number of epoxide rings is 1. The minimum Gasteiger partial charge on any atom is -0.460 e. The molecule has 3 unspecified atom stereocenters. The molecule has 10 heteroatoms. The van der Waals surface area contributed by atoms with Crippen molar-refractivity contribution in [3.8, 4) is 0 Å². The van der Waals surface area contributed by atoms with Crippen molar-refractivity contribution in [3.05, 3.63) is 53.1 Å². The third kappa shape index (κ3) is 11.2. The van der Waals surface area contributed by atoms with E-state index < -0.39 is 53.6 Å². The maximum absolute atomic E-state index is 14.0. The number of unbranched alkanes of at least 4 members (excludes halogenated alkanes) is 4. The molecule has 1 aromatic carbocycles. The van der Waals surface area contributed by atoms with Crippen molar-refractivity contribution >= 4 is 23.9 Å². The largest absolute Gasteiger partial charge is 0.460 e. The average Bonchev–Trinajstić information content (AvgIpc) is 3.79. The van der Waals surface area contributed by atoms with Gasteiger partial charge in [-0.3, -0.25) is 9.59 Å². The third-order valence-electron chi connectivity index (χ3n) is 10.5. The van der Waals surface area contributed by atoms with Crippen molar-refractivity contribution in [3.63, 3.8) is 0 Å². The first kappa shape index (κ1) is 40.1. The van der Waals surface area contributed by atoms with E-state index in [1.165, 1.54) is 0 Å². The Bertz CT molecular complexity index is 1420. The van der Waals surface area contributed by atoms with E-state index in [9.17, 15) is 19.5 Å². The number of benzene rings is 1. The summed E-state index contributed by atoms with van der Waals surface area (Å²) in [5.41, 5.74) is 0.992. The lowest BCUT2D eigenvalue weighted by Gasteiger charge is -2.31. The minimum atomic E-state index is -0.835. The molecule has 3 fully saturated rings. The highest BCUT2D eigenvalue weighted by Gasteiger charge is 2.52. The summed E-state index contributed by atoms with van der Waals surface area (Å²) in [6.45, 7) is 9.37. The van der Waals surface area contributed by atoms with Gasteiger partial charge in [-0.05, 0) is 82.9 Å². The monoisotopic (exact) mass is 723 g/mol. The molecule has 2 aliphatic heterocycles. The Labute approximate surface area is 310 Å². The zero-order valence-corrected chi connectivity index (χ0v) is 31.9. The fourth-order valence-corrected chi connectivity index (χ4v) is 7.65. The van der Waals surface area contributed by atoms with Crippen LogP contribution in [0.25, 0.3) is 6.08 Å². The molecule has 1 aromatic rings. The van der Waals surface area contributed by atoms with Gasteiger partial charge in [-0.1, -0.05) is 69.9 Å². The third-order valence-corrected chi connectivity index (χ3v) is 10.5. The van der Waals surface area contributed by atoms with E-state index in [2.05, 4.69) is 25.2 Å². The summed E-state index contributed by atoms with van der Waals surface area (Å²) in [7, 11) is 0. The summed E-state index contributed by atoms with van der Waals surface area (Å²) in [4.78, 5) is 40.1. The molecule has 1 amide bonds. The number of fused-ring (bicyclic) bond motifs is 2.